The molecule has 100 valence electrons. The Balaban J connectivity index is 1.50. The lowest BCUT2D eigenvalue weighted by Crippen LogP contribution is -2.08. The van der Waals surface area contributed by atoms with E-state index in [9.17, 15) is 0 Å². The molecule has 0 saturated heterocycles. The summed E-state index contributed by atoms with van der Waals surface area (Å²) < 4.78 is 2.30. The van der Waals surface area contributed by atoms with Gasteiger partial charge in [-0.05, 0) is 38.2 Å². The van der Waals surface area contributed by atoms with E-state index in [1.54, 1.807) is 0 Å². The lowest BCUT2D eigenvalue weighted by molar-refractivity contribution is 0.736. The van der Waals surface area contributed by atoms with Gasteiger partial charge in [0.15, 0.2) is 0 Å². The summed E-state index contributed by atoms with van der Waals surface area (Å²) in [6.45, 7) is 3.05. The van der Waals surface area contributed by atoms with Crippen LogP contribution in [0.25, 0.3) is 0 Å². The van der Waals surface area contributed by atoms with Crippen LogP contribution in [0.4, 0.5) is 5.95 Å². The Morgan fingerprint density at radius 1 is 1.26 bits per heavy atom. The van der Waals surface area contributed by atoms with Gasteiger partial charge >= 0.3 is 0 Å². The fraction of sp³-hybridized carbons (Fsp3) is 0.438. The number of hydrogen-bond donors (Lipinski definition) is 1. The van der Waals surface area contributed by atoms with Gasteiger partial charge in [-0.25, -0.2) is 4.98 Å². The lowest BCUT2D eigenvalue weighted by Gasteiger charge is -2.08. The largest absolute Gasteiger partial charge is 0.356 e. The number of rotatable bonds is 6. The van der Waals surface area contributed by atoms with E-state index in [-0.39, 0.29) is 0 Å². The molecule has 0 aliphatic heterocycles. The Kier molecular flexibility index (Phi) is 3.53. The normalized spacial score (nSPS) is 14.6. The molecule has 0 amide bonds. The minimum Gasteiger partial charge on any atom is -0.356 e. The van der Waals surface area contributed by atoms with Gasteiger partial charge in [-0.3, -0.25) is 0 Å². The van der Waals surface area contributed by atoms with Gasteiger partial charge in [-0.15, -0.1) is 0 Å². The first-order valence-corrected chi connectivity index (χ1v) is 7.16. The fourth-order valence-electron chi connectivity index (χ4n) is 2.42. The van der Waals surface area contributed by atoms with Gasteiger partial charge in [0.2, 0.25) is 5.95 Å². The van der Waals surface area contributed by atoms with Gasteiger partial charge < -0.3 is 9.88 Å². The molecule has 0 unspecified atom stereocenters. The summed E-state index contributed by atoms with van der Waals surface area (Å²) in [6, 6.07) is 11.3. The van der Waals surface area contributed by atoms with E-state index in [2.05, 4.69) is 58.3 Å². The molecule has 3 rings (SSSR count). The Morgan fingerprint density at radius 2 is 2.05 bits per heavy atom. The van der Waals surface area contributed by atoms with Gasteiger partial charge in [-0.1, -0.05) is 30.3 Å². The van der Waals surface area contributed by atoms with E-state index >= 15 is 0 Å². The summed E-state index contributed by atoms with van der Waals surface area (Å²) >= 11 is 0. The molecule has 3 nitrogen and oxygen atoms in total. The van der Waals surface area contributed by atoms with Crippen molar-refractivity contribution in [2.45, 2.75) is 38.6 Å². The molecule has 1 aromatic heterocycles. The molecule has 1 aliphatic carbocycles. The Hall–Kier alpha value is -1.77. The summed E-state index contributed by atoms with van der Waals surface area (Å²) in [5.74, 6) is 1.05. The number of nitrogens with zero attached hydrogens (tertiary/aromatic N) is 2. The highest BCUT2D eigenvalue weighted by Gasteiger charge is 2.25. The highest BCUT2D eigenvalue weighted by Crippen LogP contribution is 2.37. The summed E-state index contributed by atoms with van der Waals surface area (Å²) in [6.07, 6.45) is 7.03. The second-order valence-electron chi connectivity index (χ2n) is 5.36. The zero-order valence-corrected chi connectivity index (χ0v) is 11.5. The van der Waals surface area contributed by atoms with Crippen molar-refractivity contribution < 1.29 is 0 Å². The predicted molar refractivity (Wildman–Crippen MR) is 78.5 cm³/mol. The number of aryl methyl sites for hydroxylation is 2. The SMILES string of the molecule is Cc1cn(C2CC2)c(NCCCc2ccccc2)n1. The Bertz CT molecular complexity index is 526. The van der Waals surface area contributed by atoms with Crippen LogP contribution in [-0.2, 0) is 6.42 Å². The maximum atomic E-state index is 4.57. The molecule has 1 aliphatic rings. The highest BCUT2D eigenvalue weighted by atomic mass is 15.2. The van der Waals surface area contributed by atoms with Crippen LogP contribution in [0.1, 0.15) is 36.6 Å². The lowest BCUT2D eigenvalue weighted by atomic mass is 10.1. The minimum absolute atomic E-state index is 0.692. The predicted octanol–water partition coefficient (Wildman–Crippen LogP) is 3.57. The number of aromatic nitrogens is 2. The average Bonchev–Trinajstić information content (AvgIpc) is 3.20. The molecule has 0 bridgehead atoms. The molecule has 19 heavy (non-hydrogen) atoms. The number of imidazole rings is 1. The number of hydrogen-bond acceptors (Lipinski definition) is 2. The molecule has 0 radical (unpaired) electrons. The van der Waals surface area contributed by atoms with Crippen molar-refractivity contribution in [3.05, 3.63) is 47.8 Å². The first-order valence-electron chi connectivity index (χ1n) is 7.16. The van der Waals surface area contributed by atoms with Crippen LogP contribution in [0, 0.1) is 6.92 Å². The van der Waals surface area contributed by atoms with Gasteiger partial charge in [0, 0.05) is 18.8 Å². The van der Waals surface area contributed by atoms with Crippen molar-refractivity contribution in [1.82, 2.24) is 9.55 Å². The molecule has 1 N–H and O–H groups in total. The average molecular weight is 255 g/mol. The van der Waals surface area contributed by atoms with Gasteiger partial charge in [0.25, 0.3) is 0 Å². The van der Waals surface area contributed by atoms with E-state index < -0.39 is 0 Å². The zero-order chi connectivity index (χ0) is 13.1. The summed E-state index contributed by atoms with van der Waals surface area (Å²) in [7, 11) is 0. The third kappa shape index (κ3) is 3.16. The molecule has 0 atom stereocenters. The molecule has 1 aromatic carbocycles. The quantitative estimate of drug-likeness (QED) is 0.800. The van der Waals surface area contributed by atoms with E-state index in [1.807, 2.05) is 0 Å². The Labute approximate surface area is 114 Å². The van der Waals surface area contributed by atoms with Crippen LogP contribution < -0.4 is 5.32 Å². The van der Waals surface area contributed by atoms with Gasteiger partial charge in [0.05, 0.1) is 5.69 Å². The topological polar surface area (TPSA) is 29.9 Å². The number of anilines is 1. The highest BCUT2D eigenvalue weighted by molar-refractivity contribution is 5.30. The third-order valence-electron chi connectivity index (χ3n) is 3.56. The van der Waals surface area contributed by atoms with Crippen molar-refractivity contribution in [2.75, 3.05) is 11.9 Å². The molecule has 2 aromatic rings. The molecule has 1 saturated carbocycles. The molecule has 3 heteroatoms. The van der Waals surface area contributed by atoms with Crippen LogP contribution in [0.3, 0.4) is 0 Å². The zero-order valence-electron chi connectivity index (χ0n) is 11.5. The summed E-state index contributed by atoms with van der Waals surface area (Å²) in [5.41, 5.74) is 2.52. The standard InChI is InChI=1S/C16H21N3/c1-13-12-19(15-9-10-15)16(18-13)17-11-5-8-14-6-3-2-4-7-14/h2-4,6-7,12,15H,5,8-11H2,1H3,(H,17,18). The third-order valence-corrected chi connectivity index (χ3v) is 3.56. The summed E-state index contributed by atoms with van der Waals surface area (Å²) in [5, 5.41) is 3.48. The second kappa shape index (κ2) is 5.47. The van der Waals surface area contributed by atoms with Crippen molar-refractivity contribution in [2.24, 2.45) is 0 Å². The maximum Gasteiger partial charge on any atom is 0.203 e. The van der Waals surface area contributed by atoms with E-state index in [0.29, 0.717) is 6.04 Å². The van der Waals surface area contributed by atoms with Crippen LogP contribution in [-0.4, -0.2) is 16.1 Å². The molecular weight excluding hydrogens is 234 g/mol. The number of benzene rings is 1. The van der Waals surface area contributed by atoms with E-state index in [4.69, 9.17) is 0 Å². The second-order valence-corrected chi connectivity index (χ2v) is 5.36. The Morgan fingerprint density at radius 3 is 2.79 bits per heavy atom. The molecule has 0 spiro atoms. The van der Waals surface area contributed by atoms with Crippen LogP contribution in [0.2, 0.25) is 0 Å². The first kappa shape index (κ1) is 12.3. The van der Waals surface area contributed by atoms with Crippen molar-refractivity contribution in [1.29, 1.82) is 0 Å². The fourth-order valence-corrected chi connectivity index (χ4v) is 2.42. The van der Waals surface area contributed by atoms with Crippen molar-refractivity contribution >= 4 is 5.95 Å². The first-order chi connectivity index (χ1) is 9.33. The molecule has 1 heterocycles. The smallest absolute Gasteiger partial charge is 0.203 e. The number of nitrogens with one attached hydrogen (secondary N) is 1. The van der Waals surface area contributed by atoms with Crippen molar-refractivity contribution in [3.8, 4) is 0 Å². The van der Waals surface area contributed by atoms with E-state index in [1.165, 1.54) is 18.4 Å². The molecular formula is C16H21N3. The van der Waals surface area contributed by atoms with Crippen LogP contribution in [0.15, 0.2) is 36.5 Å². The van der Waals surface area contributed by atoms with Crippen LogP contribution >= 0.6 is 0 Å². The monoisotopic (exact) mass is 255 g/mol. The molecule has 1 fully saturated rings. The summed E-state index contributed by atoms with van der Waals surface area (Å²) in [4.78, 5) is 4.57. The van der Waals surface area contributed by atoms with Gasteiger partial charge in [0.1, 0.15) is 0 Å². The van der Waals surface area contributed by atoms with Crippen LogP contribution in [0.5, 0.6) is 0 Å². The van der Waals surface area contributed by atoms with Crippen molar-refractivity contribution in [3.63, 3.8) is 0 Å². The maximum absolute atomic E-state index is 4.57. The minimum atomic E-state index is 0.692. The van der Waals surface area contributed by atoms with Gasteiger partial charge in [-0.2, -0.15) is 0 Å². The van der Waals surface area contributed by atoms with E-state index in [0.717, 1.165) is 31.0 Å².